The number of benzene rings is 4. The van der Waals surface area contributed by atoms with E-state index in [4.69, 9.17) is 0 Å². The zero-order valence-electron chi connectivity index (χ0n) is 21.0. The van der Waals surface area contributed by atoms with E-state index in [1.165, 1.54) is 12.1 Å². The van der Waals surface area contributed by atoms with Crippen molar-refractivity contribution in [3.8, 4) is 11.1 Å². The summed E-state index contributed by atoms with van der Waals surface area (Å²) < 4.78 is 29.0. The first-order valence-electron chi connectivity index (χ1n) is 12.3. The molecule has 0 saturated heterocycles. The molecule has 0 bridgehead atoms. The molecule has 0 aliphatic heterocycles. The van der Waals surface area contributed by atoms with Crippen LogP contribution >= 0.6 is 0 Å². The average molecular weight is 556 g/mol. The normalized spacial score (nSPS) is 12.1. The first kappa shape index (κ1) is 26.6. The van der Waals surface area contributed by atoms with E-state index in [1.807, 2.05) is 24.3 Å². The molecule has 2 amide bonds. The summed E-state index contributed by atoms with van der Waals surface area (Å²) in [6, 6.07) is 27.8. The number of urea groups is 1. The van der Waals surface area contributed by atoms with Crippen LogP contribution in [-0.4, -0.2) is 35.5 Å². The predicted molar refractivity (Wildman–Crippen MR) is 152 cm³/mol. The molecule has 0 spiro atoms. The lowest BCUT2D eigenvalue weighted by Crippen LogP contribution is -2.30. The van der Waals surface area contributed by atoms with Crippen LogP contribution in [0.25, 0.3) is 22.2 Å². The van der Waals surface area contributed by atoms with Crippen molar-refractivity contribution in [1.29, 1.82) is 0 Å². The topological polar surface area (TPSA) is 153 Å². The summed E-state index contributed by atoms with van der Waals surface area (Å²) in [5.74, 6) is -0.823. The van der Waals surface area contributed by atoms with E-state index in [-0.39, 0.29) is 4.90 Å². The van der Waals surface area contributed by atoms with Gasteiger partial charge >= 0.3 is 12.0 Å². The lowest BCUT2D eigenvalue weighted by Gasteiger charge is -2.18. The van der Waals surface area contributed by atoms with Gasteiger partial charge in [0.15, 0.2) is 0 Å². The molecule has 10 nitrogen and oxygen atoms in total. The molecule has 5 N–H and O–H groups in total. The zero-order chi connectivity index (χ0) is 28.1. The SMILES string of the molecule is O=C(O)C[C@@H](NS(=O)(=O)c1cccc(-c2cccc(NC(=O)Nc3nc4ccccc4[nH]3)c2)c1)c1ccccc1. The van der Waals surface area contributed by atoms with E-state index in [9.17, 15) is 23.1 Å². The molecule has 40 heavy (non-hydrogen) atoms. The third-order valence-electron chi connectivity index (χ3n) is 6.10. The van der Waals surface area contributed by atoms with E-state index in [0.29, 0.717) is 28.3 Å². The van der Waals surface area contributed by atoms with Gasteiger partial charge in [0.05, 0.1) is 28.4 Å². The highest BCUT2D eigenvalue weighted by atomic mass is 32.2. The summed E-state index contributed by atoms with van der Waals surface area (Å²) >= 11 is 0. The molecule has 1 aromatic heterocycles. The fraction of sp³-hybridized carbons (Fsp3) is 0.0690. The van der Waals surface area contributed by atoms with E-state index in [1.54, 1.807) is 66.7 Å². The van der Waals surface area contributed by atoms with Crippen LogP contribution in [0.3, 0.4) is 0 Å². The van der Waals surface area contributed by atoms with Crippen LogP contribution in [0.2, 0.25) is 0 Å². The van der Waals surface area contributed by atoms with Gasteiger partial charge in [0, 0.05) is 5.69 Å². The van der Waals surface area contributed by atoms with Gasteiger partial charge in [-0.05, 0) is 53.1 Å². The van der Waals surface area contributed by atoms with Crippen molar-refractivity contribution in [2.24, 2.45) is 0 Å². The summed E-state index contributed by atoms with van der Waals surface area (Å²) in [6.07, 6.45) is -0.410. The van der Waals surface area contributed by atoms with Crippen molar-refractivity contribution < 1.29 is 23.1 Å². The number of aliphatic carboxylic acids is 1. The fourth-order valence-corrected chi connectivity index (χ4v) is 5.51. The second kappa shape index (κ2) is 11.4. The second-order valence-corrected chi connectivity index (χ2v) is 10.7. The predicted octanol–water partition coefficient (Wildman–Crippen LogP) is 5.37. The van der Waals surface area contributed by atoms with Gasteiger partial charge in [0.1, 0.15) is 0 Å². The number of para-hydroxylation sites is 2. The first-order chi connectivity index (χ1) is 19.3. The summed E-state index contributed by atoms with van der Waals surface area (Å²) in [7, 11) is -4.06. The smallest absolute Gasteiger partial charge is 0.326 e. The van der Waals surface area contributed by atoms with Gasteiger partial charge in [-0.3, -0.25) is 10.1 Å². The number of aromatic nitrogens is 2. The van der Waals surface area contributed by atoms with Gasteiger partial charge < -0.3 is 15.4 Å². The highest BCUT2D eigenvalue weighted by Crippen LogP contribution is 2.27. The largest absolute Gasteiger partial charge is 0.481 e. The number of carboxylic acid groups (broad SMARTS) is 1. The highest BCUT2D eigenvalue weighted by molar-refractivity contribution is 7.89. The number of nitrogens with one attached hydrogen (secondary N) is 4. The van der Waals surface area contributed by atoms with E-state index in [2.05, 4.69) is 25.3 Å². The highest BCUT2D eigenvalue weighted by Gasteiger charge is 2.24. The lowest BCUT2D eigenvalue weighted by atomic mass is 10.1. The van der Waals surface area contributed by atoms with Gasteiger partial charge in [-0.1, -0.05) is 66.7 Å². The standard InChI is InChI=1S/C29H25N5O5S/c35-27(36)18-26(19-8-2-1-3-9-19)34-40(38,39)23-13-7-11-21(17-23)20-10-6-12-22(16-20)30-29(37)33-28-31-24-14-4-5-15-25(24)32-28/h1-17,26,34H,18H2,(H,35,36)(H3,30,31,32,33,37)/t26-/m1/s1. The first-order valence-corrected chi connectivity index (χ1v) is 13.8. The summed E-state index contributed by atoms with van der Waals surface area (Å²) in [6.45, 7) is 0. The lowest BCUT2D eigenvalue weighted by molar-refractivity contribution is -0.137. The maximum absolute atomic E-state index is 13.3. The Morgan fingerprint density at radius 1 is 0.825 bits per heavy atom. The van der Waals surface area contributed by atoms with E-state index >= 15 is 0 Å². The van der Waals surface area contributed by atoms with Crippen LogP contribution in [0, 0.1) is 0 Å². The Kier molecular flexibility index (Phi) is 7.58. The number of carbonyl (C=O) groups excluding carboxylic acids is 1. The number of sulfonamides is 1. The van der Waals surface area contributed by atoms with Crippen LogP contribution in [0.5, 0.6) is 0 Å². The van der Waals surface area contributed by atoms with Crippen LogP contribution in [0.15, 0.2) is 108 Å². The molecular weight excluding hydrogens is 530 g/mol. The Bertz CT molecular complexity index is 1750. The molecule has 0 unspecified atom stereocenters. The number of hydrogen-bond acceptors (Lipinski definition) is 5. The van der Waals surface area contributed by atoms with Crippen molar-refractivity contribution in [2.45, 2.75) is 17.4 Å². The molecule has 0 aliphatic rings. The van der Waals surface area contributed by atoms with Crippen molar-refractivity contribution in [3.05, 3.63) is 109 Å². The number of imidazole rings is 1. The molecule has 4 aromatic carbocycles. The number of hydrogen-bond donors (Lipinski definition) is 5. The van der Waals surface area contributed by atoms with Crippen molar-refractivity contribution >= 4 is 44.7 Å². The number of amides is 2. The number of fused-ring (bicyclic) bond motifs is 1. The molecule has 0 saturated carbocycles. The molecule has 1 atom stereocenters. The Morgan fingerprint density at radius 2 is 1.52 bits per heavy atom. The number of H-pyrrole nitrogens is 1. The van der Waals surface area contributed by atoms with Crippen LogP contribution in [0.4, 0.5) is 16.4 Å². The average Bonchev–Trinajstić information content (AvgIpc) is 3.35. The molecule has 0 radical (unpaired) electrons. The van der Waals surface area contributed by atoms with Crippen molar-refractivity contribution in [2.75, 3.05) is 10.6 Å². The number of carboxylic acids is 1. The summed E-state index contributed by atoms with van der Waals surface area (Å²) in [5.41, 5.74) is 3.82. The zero-order valence-corrected chi connectivity index (χ0v) is 21.9. The van der Waals surface area contributed by atoms with Crippen molar-refractivity contribution in [1.82, 2.24) is 14.7 Å². The van der Waals surface area contributed by atoms with Gasteiger partial charge in [0.25, 0.3) is 0 Å². The minimum atomic E-state index is -4.06. The number of rotatable bonds is 9. The molecular formula is C29H25N5O5S. The maximum Gasteiger partial charge on any atom is 0.326 e. The number of anilines is 2. The number of carbonyl (C=O) groups is 2. The Balaban J connectivity index is 1.33. The fourth-order valence-electron chi connectivity index (χ4n) is 4.24. The third kappa shape index (κ3) is 6.34. The third-order valence-corrected chi connectivity index (χ3v) is 7.57. The summed E-state index contributed by atoms with van der Waals surface area (Å²) in [4.78, 5) is 31.3. The molecule has 5 aromatic rings. The van der Waals surface area contributed by atoms with Crippen LogP contribution in [-0.2, 0) is 14.8 Å². The Labute approximate surface area is 230 Å². The van der Waals surface area contributed by atoms with Crippen LogP contribution in [0.1, 0.15) is 18.0 Å². The van der Waals surface area contributed by atoms with Crippen molar-refractivity contribution in [3.63, 3.8) is 0 Å². The number of aromatic amines is 1. The van der Waals surface area contributed by atoms with Gasteiger partial charge in [-0.15, -0.1) is 0 Å². The molecule has 11 heteroatoms. The minimum absolute atomic E-state index is 0.0164. The Morgan fingerprint density at radius 3 is 2.27 bits per heavy atom. The molecule has 1 heterocycles. The number of nitrogens with zero attached hydrogens (tertiary/aromatic N) is 1. The second-order valence-electron chi connectivity index (χ2n) is 8.97. The molecule has 202 valence electrons. The molecule has 5 rings (SSSR count). The molecule has 0 fully saturated rings. The monoisotopic (exact) mass is 555 g/mol. The summed E-state index contributed by atoms with van der Waals surface area (Å²) in [5, 5.41) is 14.8. The minimum Gasteiger partial charge on any atom is -0.481 e. The molecule has 0 aliphatic carbocycles. The van der Waals surface area contributed by atoms with Gasteiger partial charge in [-0.25, -0.2) is 22.9 Å². The van der Waals surface area contributed by atoms with E-state index in [0.717, 1.165) is 11.0 Å². The van der Waals surface area contributed by atoms with Crippen LogP contribution < -0.4 is 15.4 Å². The quantitative estimate of drug-likeness (QED) is 0.165. The van der Waals surface area contributed by atoms with E-state index < -0.39 is 34.5 Å². The maximum atomic E-state index is 13.3. The van der Waals surface area contributed by atoms with Gasteiger partial charge in [-0.2, -0.15) is 0 Å². The van der Waals surface area contributed by atoms with Gasteiger partial charge in [0.2, 0.25) is 16.0 Å². The Hall–Kier alpha value is -5.00.